The summed E-state index contributed by atoms with van der Waals surface area (Å²) >= 11 is 1.68. The molecule has 4 rings (SSSR count). The van der Waals surface area contributed by atoms with Crippen LogP contribution in [0.15, 0.2) is 41.3 Å². The molecule has 1 saturated heterocycles. The van der Waals surface area contributed by atoms with Gasteiger partial charge in [0.1, 0.15) is 0 Å². The van der Waals surface area contributed by atoms with Crippen molar-refractivity contribution in [3.63, 3.8) is 0 Å². The second-order valence-electron chi connectivity index (χ2n) is 6.10. The maximum Gasteiger partial charge on any atom is 0.271 e. The van der Waals surface area contributed by atoms with Gasteiger partial charge in [-0.05, 0) is 31.2 Å². The highest BCUT2D eigenvalue weighted by Gasteiger charge is 2.16. The van der Waals surface area contributed by atoms with Crippen molar-refractivity contribution >= 4 is 28.6 Å². The van der Waals surface area contributed by atoms with E-state index in [1.165, 1.54) is 0 Å². The van der Waals surface area contributed by atoms with Crippen LogP contribution in [-0.2, 0) is 4.74 Å². The summed E-state index contributed by atoms with van der Waals surface area (Å²) in [5.74, 6) is 0. The quantitative estimate of drug-likeness (QED) is 0.769. The number of H-pyrrole nitrogens is 1. The van der Waals surface area contributed by atoms with Crippen molar-refractivity contribution in [2.45, 2.75) is 6.92 Å². The lowest BCUT2D eigenvalue weighted by Gasteiger charge is -2.25. The number of aryl methyl sites for hydroxylation is 1. The fourth-order valence-corrected chi connectivity index (χ4v) is 3.81. The van der Waals surface area contributed by atoms with Gasteiger partial charge in [-0.15, -0.1) is 11.3 Å². The number of nitrogens with zero attached hydrogens (tertiary/aromatic N) is 3. The second kappa shape index (κ2) is 7.31. The number of morpholine rings is 1. The molecule has 2 aromatic heterocycles. The van der Waals surface area contributed by atoms with Crippen LogP contribution in [0.3, 0.4) is 0 Å². The van der Waals surface area contributed by atoms with Crippen LogP contribution >= 0.6 is 11.3 Å². The van der Waals surface area contributed by atoms with E-state index in [-0.39, 0.29) is 5.56 Å². The lowest BCUT2D eigenvalue weighted by atomic mass is 10.2. The highest BCUT2D eigenvalue weighted by atomic mass is 32.1. The Labute approximate surface area is 155 Å². The first-order valence-corrected chi connectivity index (χ1v) is 9.37. The smallest absolute Gasteiger partial charge is 0.271 e. The van der Waals surface area contributed by atoms with E-state index in [1.54, 1.807) is 22.2 Å². The van der Waals surface area contributed by atoms with Crippen LogP contribution in [0.4, 0.5) is 5.13 Å². The Hall–Kier alpha value is -2.64. The Morgan fingerprint density at radius 2 is 1.96 bits per heavy atom. The molecule has 1 aliphatic heterocycles. The number of anilines is 1. The number of benzene rings is 1. The molecule has 134 valence electrons. The summed E-state index contributed by atoms with van der Waals surface area (Å²) < 4.78 is 7.13. The molecule has 0 saturated carbocycles. The van der Waals surface area contributed by atoms with Gasteiger partial charge in [-0.25, -0.2) is 4.98 Å². The Bertz CT molecular complexity index is 965. The zero-order valence-corrected chi connectivity index (χ0v) is 15.3. The van der Waals surface area contributed by atoms with Crippen molar-refractivity contribution < 1.29 is 4.74 Å². The molecule has 1 aliphatic rings. The number of ether oxygens (including phenoxy) is 1. The third-order valence-corrected chi connectivity index (χ3v) is 5.36. The Morgan fingerprint density at radius 1 is 1.19 bits per heavy atom. The Balaban J connectivity index is 1.56. The highest BCUT2D eigenvalue weighted by Crippen LogP contribution is 2.27. The Morgan fingerprint density at radius 3 is 2.73 bits per heavy atom. The second-order valence-corrected chi connectivity index (χ2v) is 7.28. The molecule has 1 N–H and O–H groups in total. The van der Waals surface area contributed by atoms with E-state index < -0.39 is 0 Å². The van der Waals surface area contributed by atoms with Gasteiger partial charge in [-0.3, -0.25) is 14.6 Å². The van der Waals surface area contributed by atoms with Crippen LogP contribution in [0.25, 0.3) is 17.8 Å². The minimum atomic E-state index is -0.119. The normalized spacial score (nSPS) is 15.0. The summed E-state index contributed by atoms with van der Waals surface area (Å²) in [4.78, 5) is 20.3. The first-order chi connectivity index (χ1) is 12.7. The number of para-hydroxylation sites is 1. The maximum atomic E-state index is 12.2. The van der Waals surface area contributed by atoms with E-state index in [0.29, 0.717) is 5.56 Å². The molecule has 0 radical (unpaired) electrons. The number of hydrogen-bond donors (Lipinski definition) is 1. The number of hydrogen-bond acceptors (Lipinski definition) is 5. The van der Waals surface area contributed by atoms with Crippen LogP contribution in [0.2, 0.25) is 0 Å². The summed E-state index contributed by atoms with van der Waals surface area (Å²) in [6, 6.07) is 9.72. The van der Waals surface area contributed by atoms with Crippen molar-refractivity contribution in [3.8, 4) is 5.69 Å². The first-order valence-electron chi connectivity index (χ1n) is 8.56. The van der Waals surface area contributed by atoms with E-state index >= 15 is 0 Å². The molecule has 26 heavy (non-hydrogen) atoms. The fraction of sp³-hybridized carbons (Fsp3) is 0.263. The largest absolute Gasteiger partial charge is 0.378 e. The van der Waals surface area contributed by atoms with Gasteiger partial charge < -0.3 is 9.64 Å². The van der Waals surface area contributed by atoms with Crippen molar-refractivity contribution in [3.05, 3.63) is 63.0 Å². The van der Waals surface area contributed by atoms with Crippen LogP contribution in [0, 0.1) is 6.92 Å². The minimum Gasteiger partial charge on any atom is -0.378 e. The molecule has 0 aliphatic carbocycles. The predicted molar refractivity (Wildman–Crippen MR) is 105 cm³/mol. The van der Waals surface area contributed by atoms with E-state index in [0.717, 1.165) is 47.7 Å². The molecule has 0 atom stereocenters. The lowest BCUT2D eigenvalue weighted by molar-refractivity contribution is 0.122. The topological polar surface area (TPSA) is 63.1 Å². The van der Waals surface area contributed by atoms with Crippen LogP contribution in [0.5, 0.6) is 0 Å². The molecule has 1 aromatic carbocycles. The van der Waals surface area contributed by atoms with Gasteiger partial charge in [-0.2, -0.15) is 0 Å². The number of nitrogens with one attached hydrogen (secondary N) is 1. The molecule has 0 bridgehead atoms. The summed E-state index contributed by atoms with van der Waals surface area (Å²) in [6.45, 7) is 5.28. The molecule has 3 heterocycles. The SMILES string of the molecule is Cc1sc(N2CCOCC2)nc1C=Cc1cn(-c2ccccc2)[nH]c1=O. The molecule has 7 heteroatoms. The summed E-state index contributed by atoms with van der Waals surface area (Å²) in [5, 5.41) is 3.85. The van der Waals surface area contributed by atoms with Crippen molar-refractivity contribution in [1.82, 2.24) is 14.8 Å². The third kappa shape index (κ3) is 3.49. The Kier molecular flexibility index (Phi) is 4.73. The zero-order chi connectivity index (χ0) is 17.9. The molecule has 1 fully saturated rings. The van der Waals surface area contributed by atoms with Crippen molar-refractivity contribution in [1.29, 1.82) is 0 Å². The van der Waals surface area contributed by atoms with Gasteiger partial charge in [0, 0.05) is 24.2 Å². The van der Waals surface area contributed by atoms with Crippen LogP contribution < -0.4 is 10.5 Å². The molecular weight excluding hydrogens is 348 g/mol. The van der Waals surface area contributed by atoms with E-state index in [1.807, 2.05) is 42.5 Å². The maximum absolute atomic E-state index is 12.2. The van der Waals surface area contributed by atoms with Gasteiger partial charge in [0.25, 0.3) is 5.56 Å². The van der Waals surface area contributed by atoms with Gasteiger partial charge in [0.05, 0.1) is 30.2 Å². The lowest BCUT2D eigenvalue weighted by Crippen LogP contribution is -2.36. The summed E-state index contributed by atoms with van der Waals surface area (Å²) in [7, 11) is 0. The minimum absolute atomic E-state index is 0.119. The number of aromatic amines is 1. The number of thiazole rings is 1. The number of aromatic nitrogens is 3. The van der Waals surface area contributed by atoms with Gasteiger partial charge in [0.15, 0.2) is 5.13 Å². The van der Waals surface area contributed by atoms with E-state index in [9.17, 15) is 4.79 Å². The monoisotopic (exact) mass is 368 g/mol. The molecule has 0 unspecified atom stereocenters. The third-order valence-electron chi connectivity index (χ3n) is 4.31. The summed E-state index contributed by atoms with van der Waals surface area (Å²) in [6.07, 6.45) is 5.54. The molecule has 0 spiro atoms. The molecular formula is C19H20N4O2S. The van der Waals surface area contributed by atoms with E-state index in [2.05, 4.69) is 16.9 Å². The molecule has 3 aromatic rings. The molecule has 6 nitrogen and oxygen atoms in total. The fourth-order valence-electron chi connectivity index (χ4n) is 2.86. The van der Waals surface area contributed by atoms with Gasteiger partial charge >= 0.3 is 0 Å². The van der Waals surface area contributed by atoms with Gasteiger partial charge in [0.2, 0.25) is 0 Å². The van der Waals surface area contributed by atoms with Crippen molar-refractivity contribution in [2.75, 3.05) is 31.2 Å². The zero-order valence-electron chi connectivity index (χ0n) is 14.5. The standard InChI is InChI=1S/C19H20N4O2S/c1-14-17(20-19(26-14)22-9-11-25-12-10-22)8-7-15-13-23(21-18(15)24)16-5-3-2-4-6-16/h2-8,13H,9-12H2,1H3,(H,21,24). The van der Waals surface area contributed by atoms with Crippen LogP contribution in [0.1, 0.15) is 16.1 Å². The van der Waals surface area contributed by atoms with Gasteiger partial charge in [-0.1, -0.05) is 18.2 Å². The highest BCUT2D eigenvalue weighted by molar-refractivity contribution is 7.15. The summed E-state index contributed by atoms with van der Waals surface area (Å²) in [5.41, 5.74) is 2.31. The molecule has 0 amide bonds. The predicted octanol–water partition coefficient (Wildman–Crippen LogP) is 2.94. The average molecular weight is 368 g/mol. The van der Waals surface area contributed by atoms with Crippen LogP contribution in [-0.4, -0.2) is 41.1 Å². The number of rotatable bonds is 4. The average Bonchev–Trinajstić information content (AvgIpc) is 3.24. The first kappa shape index (κ1) is 16.8. The van der Waals surface area contributed by atoms with E-state index in [4.69, 9.17) is 9.72 Å². The van der Waals surface area contributed by atoms with Crippen molar-refractivity contribution in [2.24, 2.45) is 0 Å².